The zero-order valence-electron chi connectivity index (χ0n) is 22.9. The molecule has 2 heterocycles. The fraction of sp³-hybridized carbons (Fsp3) is 0.480. The lowest BCUT2D eigenvalue weighted by Gasteiger charge is -2.08. The van der Waals surface area contributed by atoms with Crippen molar-refractivity contribution in [2.75, 3.05) is 51.9 Å². The fourth-order valence-electron chi connectivity index (χ4n) is 3.24. The average molecular weight is 602 g/mol. The number of carbonyl (C=O) groups is 2. The predicted molar refractivity (Wildman–Crippen MR) is 145 cm³/mol. The summed E-state index contributed by atoms with van der Waals surface area (Å²) in [6, 6.07) is 7.11. The number of carboxylic acids is 1. The molecule has 14 nitrogen and oxygen atoms in total. The highest BCUT2D eigenvalue weighted by atomic mass is 19.4. The van der Waals surface area contributed by atoms with Crippen LogP contribution in [-0.4, -0.2) is 88.8 Å². The molecule has 0 atom stereocenters. The first-order valence-corrected chi connectivity index (χ1v) is 12.9. The molecule has 3 aromatic rings. The van der Waals surface area contributed by atoms with Gasteiger partial charge in [0.25, 0.3) is 5.91 Å². The number of carbonyl (C=O) groups excluding carboxylic acids is 1. The van der Waals surface area contributed by atoms with Gasteiger partial charge in [0.1, 0.15) is 5.52 Å². The largest absolute Gasteiger partial charge is 0.490 e. The van der Waals surface area contributed by atoms with Gasteiger partial charge in [0.15, 0.2) is 11.5 Å². The summed E-state index contributed by atoms with van der Waals surface area (Å²) in [7, 11) is 0. The Labute approximate surface area is 238 Å². The molecule has 0 unspecified atom stereocenters. The first-order chi connectivity index (χ1) is 20.0. The van der Waals surface area contributed by atoms with Gasteiger partial charge in [0, 0.05) is 18.7 Å². The molecule has 17 heteroatoms. The van der Waals surface area contributed by atoms with Gasteiger partial charge >= 0.3 is 23.8 Å². The first kappa shape index (κ1) is 34.0. The fourth-order valence-corrected chi connectivity index (χ4v) is 3.24. The van der Waals surface area contributed by atoms with E-state index in [9.17, 15) is 22.8 Å². The van der Waals surface area contributed by atoms with E-state index in [-0.39, 0.29) is 30.0 Å². The zero-order valence-corrected chi connectivity index (χ0v) is 22.9. The number of alkyl halides is 3. The second kappa shape index (κ2) is 16.9. The number of imidazole rings is 1. The minimum absolute atomic E-state index is 0.135. The monoisotopic (exact) mass is 601 g/mol. The van der Waals surface area contributed by atoms with E-state index in [0.717, 1.165) is 18.4 Å². The van der Waals surface area contributed by atoms with Gasteiger partial charge < -0.3 is 41.1 Å². The van der Waals surface area contributed by atoms with Crippen LogP contribution in [0.5, 0.6) is 6.01 Å². The van der Waals surface area contributed by atoms with E-state index in [4.69, 9.17) is 35.6 Å². The van der Waals surface area contributed by atoms with E-state index in [1.54, 1.807) is 24.3 Å². The van der Waals surface area contributed by atoms with Crippen molar-refractivity contribution in [2.24, 2.45) is 5.73 Å². The molecular formula is C25H34F3N7O7. The number of aliphatic carboxylic acids is 1. The molecule has 0 aliphatic rings. The van der Waals surface area contributed by atoms with Crippen LogP contribution in [0, 0.1) is 0 Å². The number of aromatic amines is 1. The number of H-pyrrole nitrogens is 1. The van der Waals surface area contributed by atoms with Crippen molar-refractivity contribution < 1.29 is 42.1 Å². The maximum atomic E-state index is 12.5. The number of nitrogens with two attached hydrogens (primary N) is 2. The summed E-state index contributed by atoms with van der Waals surface area (Å²) in [5.41, 5.74) is 13.0. The predicted octanol–water partition coefficient (Wildman–Crippen LogP) is 1.28. The van der Waals surface area contributed by atoms with Crippen molar-refractivity contribution in [1.82, 2.24) is 24.8 Å². The summed E-state index contributed by atoms with van der Waals surface area (Å²) in [6.07, 6.45) is -3.25. The summed E-state index contributed by atoms with van der Waals surface area (Å²) in [4.78, 5) is 45.0. The summed E-state index contributed by atoms with van der Waals surface area (Å²) < 4.78 is 49.4. The van der Waals surface area contributed by atoms with E-state index < -0.39 is 12.1 Å². The Kier molecular flexibility index (Phi) is 13.7. The van der Waals surface area contributed by atoms with Crippen LogP contribution in [0.15, 0.2) is 29.1 Å². The van der Waals surface area contributed by atoms with E-state index in [0.29, 0.717) is 62.9 Å². The van der Waals surface area contributed by atoms with Gasteiger partial charge in [-0.15, -0.1) is 0 Å². The third-order valence-electron chi connectivity index (χ3n) is 5.32. The Morgan fingerprint density at radius 3 is 2.31 bits per heavy atom. The highest BCUT2D eigenvalue weighted by Crippen LogP contribution is 2.19. The lowest BCUT2D eigenvalue weighted by molar-refractivity contribution is -0.192. The van der Waals surface area contributed by atoms with Crippen molar-refractivity contribution >= 4 is 28.9 Å². The number of hydrogen-bond donors (Lipinski definition) is 5. The third kappa shape index (κ3) is 11.0. The van der Waals surface area contributed by atoms with Gasteiger partial charge in [-0.05, 0) is 24.1 Å². The molecule has 0 aliphatic heterocycles. The number of nitrogens with one attached hydrogen (secondary N) is 2. The van der Waals surface area contributed by atoms with Crippen LogP contribution >= 0.6 is 0 Å². The number of anilines is 1. The van der Waals surface area contributed by atoms with Crippen LogP contribution in [0.3, 0.4) is 0 Å². The molecule has 0 aliphatic carbocycles. The third-order valence-corrected chi connectivity index (χ3v) is 5.32. The van der Waals surface area contributed by atoms with Crippen molar-refractivity contribution in [3.8, 4) is 6.01 Å². The first-order valence-electron chi connectivity index (χ1n) is 12.9. The number of nitrogens with zero attached hydrogens (tertiary/aromatic N) is 3. The molecule has 2 aromatic heterocycles. The molecule has 0 bridgehead atoms. The number of rotatable bonds is 15. The second-order valence-electron chi connectivity index (χ2n) is 8.58. The highest BCUT2D eigenvalue weighted by molar-refractivity contribution is 5.94. The molecule has 7 N–H and O–H groups in total. The Morgan fingerprint density at radius 2 is 1.71 bits per heavy atom. The number of aromatic nitrogens is 4. The van der Waals surface area contributed by atoms with Crippen LogP contribution in [0.1, 0.15) is 35.7 Å². The van der Waals surface area contributed by atoms with Gasteiger partial charge in [-0.2, -0.15) is 23.1 Å². The lowest BCUT2D eigenvalue weighted by Crippen LogP contribution is -2.27. The van der Waals surface area contributed by atoms with E-state index in [1.165, 1.54) is 4.57 Å². The molecule has 42 heavy (non-hydrogen) atoms. The minimum atomic E-state index is -5.08. The number of fused-ring (bicyclic) bond motifs is 1. The van der Waals surface area contributed by atoms with E-state index >= 15 is 0 Å². The number of ether oxygens (including phenoxy) is 3. The van der Waals surface area contributed by atoms with Gasteiger partial charge in [-0.3, -0.25) is 9.36 Å². The van der Waals surface area contributed by atoms with Crippen LogP contribution < -0.4 is 27.2 Å². The van der Waals surface area contributed by atoms with Crippen LogP contribution in [-0.2, 0) is 20.8 Å². The van der Waals surface area contributed by atoms with Gasteiger partial charge in [-0.25, -0.2) is 9.59 Å². The smallest absolute Gasteiger partial charge is 0.475 e. The summed E-state index contributed by atoms with van der Waals surface area (Å²) >= 11 is 0. The quantitative estimate of drug-likeness (QED) is 0.157. The Balaban J connectivity index is 0.000000782. The van der Waals surface area contributed by atoms with Crippen LogP contribution in [0.4, 0.5) is 19.0 Å². The zero-order chi connectivity index (χ0) is 31.1. The SMILES string of the molecule is CCCCOc1nc(N)c2[nH]c(=O)n(Cc3ccc(C(=O)NCCOCCOCCN)cc3)c2n1.O=C(O)C(F)(F)F. The number of carboxylic acid groups (broad SMARTS) is 1. The maximum absolute atomic E-state index is 12.5. The van der Waals surface area contributed by atoms with Gasteiger partial charge in [-0.1, -0.05) is 25.5 Å². The molecule has 1 amide bonds. The van der Waals surface area contributed by atoms with Crippen molar-refractivity contribution in [3.05, 3.63) is 45.9 Å². The number of amides is 1. The lowest BCUT2D eigenvalue weighted by atomic mass is 10.1. The summed E-state index contributed by atoms with van der Waals surface area (Å²) in [5.74, 6) is -2.82. The standard InChI is InChI=1S/C23H33N7O5.C2HF3O2/c1-2-3-10-35-22-28-19(25)18-20(29-22)30(23(32)27-18)15-16-4-6-17(7-5-16)21(31)26-9-12-34-14-13-33-11-8-24;3-2(4,5)1(6)7/h4-7H,2-3,8-15,24H2,1H3,(H,26,31)(H,27,32)(H2,25,28,29);(H,6,7). The van der Waals surface area contributed by atoms with Crippen molar-refractivity contribution in [1.29, 1.82) is 0 Å². The molecule has 3 rings (SSSR count). The minimum Gasteiger partial charge on any atom is -0.475 e. The van der Waals surface area contributed by atoms with E-state index in [1.807, 2.05) is 0 Å². The number of nitrogen functional groups attached to an aromatic ring is 1. The van der Waals surface area contributed by atoms with Crippen molar-refractivity contribution in [2.45, 2.75) is 32.5 Å². The van der Waals surface area contributed by atoms with Crippen molar-refractivity contribution in [3.63, 3.8) is 0 Å². The molecule has 0 saturated heterocycles. The number of halogens is 3. The molecule has 232 valence electrons. The molecule has 0 saturated carbocycles. The average Bonchev–Trinajstić information content (AvgIpc) is 3.25. The molecule has 0 fully saturated rings. The number of benzene rings is 1. The molecule has 0 radical (unpaired) electrons. The normalized spacial score (nSPS) is 11.2. The molecule has 1 aromatic carbocycles. The Hall–Kier alpha value is -4.22. The number of hydrogen-bond acceptors (Lipinski definition) is 10. The maximum Gasteiger partial charge on any atom is 0.490 e. The van der Waals surface area contributed by atoms with E-state index in [2.05, 4.69) is 27.2 Å². The second-order valence-corrected chi connectivity index (χ2v) is 8.58. The Morgan fingerprint density at radius 1 is 1.07 bits per heavy atom. The van der Waals surface area contributed by atoms with Crippen LogP contribution in [0.25, 0.3) is 11.2 Å². The topological polar surface area (TPSA) is 210 Å². The van der Waals surface area contributed by atoms with Gasteiger partial charge in [0.2, 0.25) is 0 Å². The van der Waals surface area contributed by atoms with Gasteiger partial charge in [0.05, 0.1) is 39.6 Å². The highest BCUT2D eigenvalue weighted by Gasteiger charge is 2.38. The summed E-state index contributed by atoms with van der Waals surface area (Å²) in [6.45, 7) is 5.42. The van der Waals surface area contributed by atoms with Crippen LogP contribution in [0.2, 0.25) is 0 Å². The molecular weight excluding hydrogens is 567 g/mol. The summed E-state index contributed by atoms with van der Waals surface area (Å²) in [5, 5.41) is 9.93. The molecule has 0 spiro atoms. The number of unbranched alkanes of at least 4 members (excludes halogenated alkanes) is 1. The Bertz CT molecular complexity index is 1350.